The molecule has 102 valence electrons. The lowest BCUT2D eigenvalue weighted by atomic mass is 9.87. The quantitative estimate of drug-likeness (QED) is 0.904. The number of anilines is 1. The van der Waals surface area contributed by atoms with Gasteiger partial charge < -0.3 is 5.32 Å². The first-order valence-corrected chi connectivity index (χ1v) is 6.72. The summed E-state index contributed by atoms with van der Waals surface area (Å²) in [5.74, 6) is 0. The highest BCUT2D eigenvalue weighted by Gasteiger charge is 2.13. The molecule has 1 unspecified atom stereocenters. The summed E-state index contributed by atoms with van der Waals surface area (Å²) in [5.41, 5.74) is 3.90. The first-order valence-electron chi connectivity index (χ1n) is 6.72. The van der Waals surface area contributed by atoms with Crippen molar-refractivity contribution in [2.24, 2.45) is 7.05 Å². The highest BCUT2D eigenvalue weighted by atomic mass is 15.2. The summed E-state index contributed by atoms with van der Waals surface area (Å²) < 4.78 is 1.83. The Morgan fingerprint density at radius 3 is 2.26 bits per heavy atom. The maximum absolute atomic E-state index is 4.20. The third-order valence-corrected chi connectivity index (χ3v) is 3.36. The van der Waals surface area contributed by atoms with Gasteiger partial charge in [0.15, 0.2) is 0 Å². The van der Waals surface area contributed by atoms with Gasteiger partial charge in [-0.1, -0.05) is 32.9 Å². The lowest BCUT2D eigenvalue weighted by Gasteiger charge is -2.20. The van der Waals surface area contributed by atoms with Crippen LogP contribution in [0.5, 0.6) is 0 Å². The van der Waals surface area contributed by atoms with Crippen molar-refractivity contribution in [1.29, 1.82) is 0 Å². The Morgan fingerprint density at radius 1 is 1.16 bits per heavy atom. The van der Waals surface area contributed by atoms with E-state index < -0.39 is 0 Å². The molecule has 0 bridgehead atoms. The SMILES string of the molecule is CC(Nc1ccc(C(C)(C)C)cc1)c1cnn(C)c1. The van der Waals surface area contributed by atoms with Crippen molar-refractivity contribution in [2.75, 3.05) is 5.32 Å². The molecule has 0 aliphatic rings. The van der Waals surface area contributed by atoms with Gasteiger partial charge in [-0.2, -0.15) is 5.10 Å². The molecule has 19 heavy (non-hydrogen) atoms. The third kappa shape index (κ3) is 3.37. The maximum Gasteiger partial charge on any atom is 0.0542 e. The van der Waals surface area contributed by atoms with Crippen LogP contribution in [0.2, 0.25) is 0 Å². The maximum atomic E-state index is 4.20. The van der Waals surface area contributed by atoms with E-state index in [-0.39, 0.29) is 11.5 Å². The minimum Gasteiger partial charge on any atom is -0.378 e. The van der Waals surface area contributed by atoms with Crippen molar-refractivity contribution in [2.45, 2.75) is 39.2 Å². The average Bonchev–Trinajstić information content (AvgIpc) is 2.75. The Hall–Kier alpha value is -1.77. The molecular formula is C16H23N3. The number of aromatic nitrogens is 2. The molecule has 1 aromatic carbocycles. The van der Waals surface area contributed by atoms with Crippen molar-refractivity contribution in [3.05, 3.63) is 47.8 Å². The molecule has 3 nitrogen and oxygen atoms in total. The number of hydrogen-bond acceptors (Lipinski definition) is 2. The summed E-state index contributed by atoms with van der Waals surface area (Å²) in [6, 6.07) is 8.94. The second-order valence-corrected chi connectivity index (χ2v) is 6.14. The van der Waals surface area contributed by atoms with E-state index in [1.165, 1.54) is 11.1 Å². The largest absolute Gasteiger partial charge is 0.378 e. The molecule has 0 fully saturated rings. The number of benzene rings is 1. The summed E-state index contributed by atoms with van der Waals surface area (Å²) in [6.45, 7) is 8.84. The van der Waals surface area contributed by atoms with Gasteiger partial charge in [-0.25, -0.2) is 0 Å². The molecule has 0 spiro atoms. The Bertz CT molecular complexity index is 532. The van der Waals surface area contributed by atoms with Gasteiger partial charge in [0.2, 0.25) is 0 Å². The molecule has 1 atom stereocenters. The molecule has 1 heterocycles. The van der Waals surface area contributed by atoms with Crippen molar-refractivity contribution >= 4 is 5.69 Å². The van der Waals surface area contributed by atoms with Crippen LogP contribution in [-0.4, -0.2) is 9.78 Å². The summed E-state index contributed by atoms with van der Waals surface area (Å²) in [5, 5.41) is 7.70. The molecule has 2 rings (SSSR count). The van der Waals surface area contributed by atoms with Crippen molar-refractivity contribution in [3.8, 4) is 0 Å². The monoisotopic (exact) mass is 257 g/mol. The molecule has 0 aliphatic heterocycles. The van der Waals surface area contributed by atoms with Gasteiger partial charge in [-0.3, -0.25) is 4.68 Å². The first kappa shape index (κ1) is 13.7. The Kier molecular flexibility index (Phi) is 3.65. The van der Waals surface area contributed by atoms with Crippen LogP contribution >= 0.6 is 0 Å². The number of rotatable bonds is 3. The lowest BCUT2D eigenvalue weighted by Crippen LogP contribution is -2.11. The van der Waals surface area contributed by atoms with E-state index in [9.17, 15) is 0 Å². The van der Waals surface area contributed by atoms with Crippen molar-refractivity contribution in [1.82, 2.24) is 9.78 Å². The summed E-state index contributed by atoms with van der Waals surface area (Å²) in [4.78, 5) is 0. The van der Waals surface area contributed by atoms with E-state index >= 15 is 0 Å². The minimum atomic E-state index is 0.202. The van der Waals surface area contributed by atoms with E-state index in [2.05, 4.69) is 62.4 Å². The Morgan fingerprint density at radius 2 is 1.79 bits per heavy atom. The van der Waals surface area contributed by atoms with Gasteiger partial charge in [0.05, 0.1) is 12.2 Å². The minimum absolute atomic E-state index is 0.202. The van der Waals surface area contributed by atoms with Gasteiger partial charge in [0.25, 0.3) is 0 Å². The summed E-state index contributed by atoms with van der Waals surface area (Å²) in [6.07, 6.45) is 3.95. The average molecular weight is 257 g/mol. The molecule has 2 aromatic rings. The topological polar surface area (TPSA) is 29.9 Å². The molecule has 1 aromatic heterocycles. The number of hydrogen-bond donors (Lipinski definition) is 1. The van der Waals surface area contributed by atoms with Crippen LogP contribution in [0, 0.1) is 0 Å². The van der Waals surface area contributed by atoms with Crippen LogP contribution in [0.4, 0.5) is 5.69 Å². The lowest BCUT2D eigenvalue weighted by molar-refractivity contribution is 0.590. The second-order valence-electron chi connectivity index (χ2n) is 6.14. The zero-order valence-electron chi connectivity index (χ0n) is 12.4. The Balaban J connectivity index is 2.07. The predicted octanol–water partition coefficient (Wildman–Crippen LogP) is 3.89. The van der Waals surface area contributed by atoms with Gasteiger partial charge in [0, 0.05) is 24.5 Å². The molecular weight excluding hydrogens is 234 g/mol. The Labute approximate surface area is 115 Å². The van der Waals surface area contributed by atoms with E-state index in [4.69, 9.17) is 0 Å². The van der Waals surface area contributed by atoms with Crippen molar-refractivity contribution in [3.63, 3.8) is 0 Å². The van der Waals surface area contributed by atoms with Crippen LogP contribution in [-0.2, 0) is 12.5 Å². The molecule has 3 heteroatoms. The fraction of sp³-hybridized carbons (Fsp3) is 0.438. The number of nitrogens with zero attached hydrogens (tertiary/aromatic N) is 2. The van der Waals surface area contributed by atoms with Crippen LogP contribution in [0.25, 0.3) is 0 Å². The summed E-state index contributed by atoms with van der Waals surface area (Å²) >= 11 is 0. The molecule has 1 N–H and O–H groups in total. The fourth-order valence-corrected chi connectivity index (χ4v) is 2.06. The van der Waals surface area contributed by atoms with Gasteiger partial charge in [0.1, 0.15) is 0 Å². The molecule has 0 amide bonds. The highest BCUT2D eigenvalue weighted by molar-refractivity contribution is 5.47. The van der Waals surface area contributed by atoms with Crippen LogP contribution < -0.4 is 5.32 Å². The van der Waals surface area contributed by atoms with Crippen LogP contribution in [0.15, 0.2) is 36.7 Å². The van der Waals surface area contributed by atoms with Gasteiger partial charge >= 0.3 is 0 Å². The van der Waals surface area contributed by atoms with Crippen LogP contribution in [0.1, 0.15) is 44.9 Å². The zero-order chi connectivity index (χ0) is 14.0. The first-order chi connectivity index (χ1) is 8.86. The molecule has 0 radical (unpaired) electrons. The summed E-state index contributed by atoms with van der Waals surface area (Å²) in [7, 11) is 1.94. The molecule has 0 aliphatic carbocycles. The number of aryl methyl sites for hydroxylation is 1. The third-order valence-electron chi connectivity index (χ3n) is 3.36. The fourth-order valence-electron chi connectivity index (χ4n) is 2.06. The second kappa shape index (κ2) is 5.08. The zero-order valence-corrected chi connectivity index (χ0v) is 12.4. The smallest absolute Gasteiger partial charge is 0.0542 e. The van der Waals surface area contributed by atoms with Crippen LogP contribution in [0.3, 0.4) is 0 Å². The van der Waals surface area contributed by atoms with E-state index in [1.807, 2.05) is 24.1 Å². The van der Waals surface area contributed by atoms with E-state index in [0.717, 1.165) is 5.69 Å². The predicted molar refractivity (Wildman–Crippen MR) is 80.4 cm³/mol. The van der Waals surface area contributed by atoms with E-state index in [1.54, 1.807) is 0 Å². The standard InChI is InChI=1S/C16H23N3/c1-12(13-10-17-19(5)11-13)18-15-8-6-14(7-9-15)16(2,3)4/h6-12,18H,1-5H3. The molecule has 0 saturated heterocycles. The van der Waals surface area contributed by atoms with Gasteiger partial charge in [-0.15, -0.1) is 0 Å². The molecule has 0 saturated carbocycles. The van der Waals surface area contributed by atoms with Crippen molar-refractivity contribution < 1.29 is 0 Å². The highest BCUT2D eigenvalue weighted by Crippen LogP contribution is 2.25. The van der Waals surface area contributed by atoms with E-state index in [0.29, 0.717) is 0 Å². The van der Waals surface area contributed by atoms with Gasteiger partial charge in [-0.05, 0) is 30.0 Å². The number of nitrogens with one attached hydrogen (secondary N) is 1. The normalized spacial score (nSPS) is 13.3.